The predicted molar refractivity (Wildman–Crippen MR) is 69.8 cm³/mol. The van der Waals surface area contributed by atoms with Crippen LogP contribution >= 0.6 is 11.3 Å². The first-order valence-corrected chi connectivity index (χ1v) is 6.20. The van der Waals surface area contributed by atoms with Gasteiger partial charge in [-0.25, -0.2) is 0 Å². The topological polar surface area (TPSA) is 53.0 Å². The summed E-state index contributed by atoms with van der Waals surface area (Å²) in [5.74, 6) is 0. The third-order valence-electron chi connectivity index (χ3n) is 3.00. The third kappa shape index (κ3) is 1.65. The van der Waals surface area contributed by atoms with Crippen LogP contribution in [0.2, 0.25) is 0 Å². The van der Waals surface area contributed by atoms with Crippen LogP contribution in [-0.4, -0.2) is 0 Å². The molecule has 0 fully saturated rings. The number of fused-ring (bicyclic) bond motifs is 1. The van der Waals surface area contributed by atoms with Gasteiger partial charge in [0.2, 0.25) is 0 Å². The lowest BCUT2D eigenvalue weighted by Crippen LogP contribution is -2.12. The molecule has 0 amide bonds. The summed E-state index contributed by atoms with van der Waals surface area (Å²) < 4.78 is 0. The van der Waals surface area contributed by atoms with Crippen molar-refractivity contribution in [1.82, 2.24) is 0 Å². The Morgan fingerprint density at radius 1 is 1.24 bits per heavy atom. The first-order valence-electron chi connectivity index (χ1n) is 5.39. The van der Waals surface area contributed by atoms with Gasteiger partial charge in [-0.15, -0.1) is 11.3 Å². The van der Waals surface area contributed by atoms with Gasteiger partial charge in [-0.1, -0.05) is 24.3 Å². The molecule has 17 heavy (non-hydrogen) atoms. The molecule has 0 atom stereocenters. The van der Waals surface area contributed by atoms with E-state index in [9.17, 15) is 0 Å². The molecule has 0 unspecified atom stereocenters. The van der Waals surface area contributed by atoms with Gasteiger partial charge in [0.15, 0.2) is 0 Å². The smallest absolute Gasteiger partial charge is 0.129 e. The normalized spacial score (nSPS) is 13.5. The number of nitrogens with zero attached hydrogens (tertiary/aromatic N) is 2. The van der Waals surface area contributed by atoms with Gasteiger partial charge in [-0.2, -0.15) is 5.26 Å². The highest BCUT2D eigenvalue weighted by atomic mass is 32.1. The molecule has 1 aromatic heterocycles. The minimum atomic E-state index is 0.587. The van der Waals surface area contributed by atoms with Crippen LogP contribution in [0.1, 0.15) is 16.0 Å². The molecule has 0 saturated heterocycles. The largest absolute Gasteiger partial charge is 0.397 e. The van der Waals surface area contributed by atoms with Crippen LogP contribution in [0.3, 0.4) is 0 Å². The molecular weight excluding hydrogens is 230 g/mol. The predicted octanol–water partition coefficient (Wildman–Crippen LogP) is 2.72. The maximum atomic E-state index is 8.91. The lowest BCUT2D eigenvalue weighted by Gasteiger charge is -2.14. The highest BCUT2D eigenvalue weighted by Crippen LogP contribution is 2.36. The Bertz CT molecular complexity index is 584. The van der Waals surface area contributed by atoms with Crippen LogP contribution < -0.4 is 10.6 Å². The summed E-state index contributed by atoms with van der Waals surface area (Å²) in [6.07, 6.45) is 0. The minimum Gasteiger partial charge on any atom is -0.397 e. The number of nitrogens with two attached hydrogens (primary N) is 1. The Morgan fingerprint density at radius 3 is 2.41 bits per heavy atom. The molecule has 0 radical (unpaired) electrons. The highest BCUT2D eigenvalue weighted by molar-refractivity contribution is 7.17. The summed E-state index contributed by atoms with van der Waals surface area (Å²) in [6.45, 7) is 1.81. The summed E-state index contributed by atoms with van der Waals surface area (Å²) in [5, 5.41) is 9.99. The molecule has 84 valence electrons. The lowest BCUT2D eigenvalue weighted by atomic mass is 10.1. The number of nitriles is 1. The van der Waals surface area contributed by atoms with Gasteiger partial charge in [0.05, 0.1) is 10.7 Å². The van der Waals surface area contributed by atoms with E-state index in [-0.39, 0.29) is 0 Å². The molecule has 0 aliphatic carbocycles. The van der Waals surface area contributed by atoms with E-state index in [1.807, 2.05) is 6.07 Å². The summed E-state index contributed by atoms with van der Waals surface area (Å²) in [5.41, 5.74) is 9.09. The zero-order valence-corrected chi connectivity index (χ0v) is 10.00. The van der Waals surface area contributed by atoms with Crippen molar-refractivity contribution in [2.45, 2.75) is 13.1 Å². The molecule has 4 heteroatoms. The van der Waals surface area contributed by atoms with Crippen LogP contribution in [0, 0.1) is 11.3 Å². The molecule has 3 nitrogen and oxygen atoms in total. The summed E-state index contributed by atoms with van der Waals surface area (Å²) in [7, 11) is 0. The Kier molecular flexibility index (Phi) is 2.27. The van der Waals surface area contributed by atoms with Crippen molar-refractivity contribution in [3.63, 3.8) is 0 Å². The van der Waals surface area contributed by atoms with Crippen LogP contribution in [0.15, 0.2) is 30.3 Å². The molecule has 1 aliphatic rings. The Balaban J connectivity index is 1.92. The van der Waals surface area contributed by atoms with Crippen molar-refractivity contribution in [2.75, 3.05) is 10.6 Å². The van der Waals surface area contributed by atoms with Gasteiger partial charge in [-0.05, 0) is 17.2 Å². The minimum absolute atomic E-state index is 0.587. The average Bonchev–Trinajstić information content (AvgIpc) is 2.91. The van der Waals surface area contributed by atoms with Gasteiger partial charge in [0, 0.05) is 13.1 Å². The molecule has 0 spiro atoms. The quantitative estimate of drug-likeness (QED) is 0.835. The molecule has 2 N–H and O–H groups in total. The number of benzene rings is 1. The van der Waals surface area contributed by atoms with E-state index in [0.717, 1.165) is 18.1 Å². The fourth-order valence-electron chi connectivity index (χ4n) is 2.12. The summed E-state index contributed by atoms with van der Waals surface area (Å²) in [6, 6.07) is 12.4. The number of hydrogen-bond donors (Lipinski definition) is 1. The molecule has 0 saturated carbocycles. The second-order valence-electron chi connectivity index (χ2n) is 4.11. The molecule has 1 aliphatic heterocycles. The van der Waals surface area contributed by atoms with E-state index < -0.39 is 0 Å². The Hall–Kier alpha value is -1.99. The van der Waals surface area contributed by atoms with Crippen molar-refractivity contribution in [1.29, 1.82) is 5.26 Å². The van der Waals surface area contributed by atoms with Crippen molar-refractivity contribution >= 4 is 22.0 Å². The summed E-state index contributed by atoms with van der Waals surface area (Å²) in [4.78, 5) is 2.86. The van der Waals surface area contributed by atoms with Gasteiger partial charge in [-0.3, -0.25) is 0 Å². The fourth-order valence-corrected chi connectivity index (χ4v) is 3.00. The first-order chi connectivity index (χ1) is 8.28. The second kappa shape index (κ2) is 3.79. The number of anilines is 2. The van der Waals surface area contributed by atoms with Gasteiger partial charge in [0.1, 0.15) is 10.9 Å². The second-order valence-corrected chi connectivity index (χ2v) is 5.14. The highest BCUT2D eigenvalue weighted by Gasteiger charge is 2.20. The van der Waals surface area contributed by atoms with Crippen LogP contribution in [0.5, 0.6) is 0 Å². The van der Waals surface area contributed by atoms with Gasteiger partial charge < -0.3 is 10.6 Å². The monoisotopic (exact) mass is 241 g/mol. The summed E-state index contributed by atoms with van der Waals surface area (Å²) >= 11 is 1.47. The van der Waals surface area contributed by atoms with Crippen molar-refractivity contribution in [3.8, 4) is 6.07 Å². The Labute approximate surface area is 104 Å². The van der Waals surface area contributed by atoms with E-state index in [0.29, 0.717) is 10.6 Å². The van der Waals surface area contributed by atoms with Crippen LogP contribution in [0.25, 0.3) is 0 Å². The van der Waals surface area contributed by atoms with Gasteiger partial charge >= 0.3 is 0 Å². The first kappa shape index (κ1) is 10.2. The third-order valence-corrected chi connectivity index (χ3v) is 4.12. The van der Waals surface area contributed by atoms with Crippen molar-refractivity contribution in [2.24, 2.45) is 0 Å². The van der Waals surface area contributed by atoms with Crippen molar-refractivity contribution < 1.29 is 0 Å². The number of rotatable bonds is 1. The molecule has 2 heterocycles. The lowest BCUT2D eigenvalue weighted by molar-refractivity contribution is 0.892. The average molecular weight is 241 g/mol. The zero-order chi connectivity index (χ0) is 11.8. The van der Waals surface area contributed by atoms with E-state index in [2.05, 4.69) is 35.2 Å². The molecular formula is C13H11N3S. The van der Waals surface area contributed by atoms with E-state index in [1.54, 1.807) is 0 Å². The fraction of sp³-hybridized carbons (Fsp3) is 0.154. The maximum Gasteiger partial charge on any atom is 0.129 e. The standard InChI is InChI=1S/C13H11N3S/c14-6-12-11(15)5-13(17-12)16-7-9-3-1-2-4-10(9)8-16/h1-5H,7-8,15H2. The Morgan fingerprint density at radius 2 is 1.88 bits per heavy atom. The number of thiophene rings is 1. The van der Waals surface area contributed by atoms with Crippen molar-refractivity contribution in [3.05, 3.63) is 46.3 Å². The molecule has 0 bridgehead atoms. The van der Waals surface area contributed by atoms with E-state index in [4.69, 9.17) is 11.0 Å². The zero-order valence-electron chi connectivity index (χ0n) is 9.18. The SMILES string of the molecule is N#Cc1sc(N2Cc3ccccc3C2)cc1N. The maximum absolute atomic E-state index is 8.91. The van der Waals surface area contributed by atoms with E-state index >= 15 is 0 Å². The number of hydrogen-bond acceptors (Lipinski definition) is 4. The van der Waals surface area contributed by atoms with Crippen LogP contribution in [0.4, 0.5) is 10.7 Å². The van der Waals surface area contributed by atoms with E-state index in [1.165, 1.54) is 22.5 Å². The molecule has 3 rings (SSSR count). The molecule has 2 aromatic rings. The number of nitrogen functional groups attached to an aromatic ring is 1. The van der Waals surface area contributed by atoms with Gasteiger partial charge in [0.25, 0.3) is 0 Å². The van der Waals surface area contributed by atoms with Crippen LogP contribution in [-0.2, 0) is 13.1 Å². The molecule has 1 aromatic carbocycles.